The maximum atomic E-state index is 10.8. The van der Waals surface area contributed by atoms with Gasteiger partial charge in [-0.25, -0.2) is 0 Å². The van der Waals surface area contributed by atoms with Gasteiger partial charge >= 0.3 is 0 Å². The minimum absolute atomic E-state index is 0.236. The Kier molecular flexibility index (Phi) is 6.69. The summed E-state index contributed by atoms with van der Waals surface area (Å²) in [5.41, 5.74) is 1.27. The van der Waals surface area contributed by atoms with E-state index in [1.165, 1.54) is 70.0 Å². The number of hydrogen-bond acceptors (Lipinski definition) is 4. The molecular weight excluding hydrogens is 336 g/mol. The topological polar surface area (TPSA) is 35.9 Å². The van der Waals surface area contributed by atoms with E-state index in [2.05, 4.69) is 34.1 Å². The molecule has 4 rings (SSSR count). The van der Waals surface area contributed by atoms with Crippen molar-refractivity contribution < 1.29 is 9.84 Å². The van der Waals surface area contributed by atoms with Crippen LogP contribution in [0.3, 0.4) is 0 Å². The highest BCUT2D eigenvalue weighted by Crippen LogP contribution is 2.29. The summed E-state index contributed by atoms with van der Waals surface area (Å²) in [5.74, 6) is 1.05. The molecule has 4 heteroatoms. The van der Waals surface area contributed by atoms with Crippen LogP contribution in [0.15, 0.2) is 24.3 Å². The second-order valence-corrected chi connectivity index (χ2v) is 8.74. The average molecular weight is 373 g/mol. The van der Waals surface area contributed by atoms with Gasteiger partial charge in [0.25, 0.3) is 0 Å². The maximum Gasteiger partial charge on any atom is 0.124 e. The fourth-order valence-corrected chi connectivity index (χ4v) is 5.16. The van der Waals surface area contributed by atoms with Crippen molar-refractivity contribution >= 4 is 0 Å². The molecule has 0 aromatic heterocycles. The summed E-state index contributed by atoms with van der Waals surface area (Å²) in [5, 5.41) is 10.8. The molecule has 3 aliphatic rings. The molecule has 2 saturated heterocycles. The number of nitrogens with zero attached hydrogens (tertiary/aromatic N) is 2. The Morgan fingerprint density at radius 2 is 1.63 bits per heavy atom. The number of aliphatic hydroxyl groups is 1. The zero-order valence-electron chi connectivity index (χ0n) is 16.7. The molecule has 0 amide bonds. The van der Waals surface area contributed by atoms with Gasteiger partial charge in [0.1, 0.15) is 5.75 Å². The van der Waals surface area contributed by atoms with Crippen LogP contribution in [0, 0.1) is 0 Å². The lowest BCUT2D eigenvalue weighted by molar-refractivity contribution is -0.0146. The van der Waals surface area contributed by atoms with Crippen LogP contribution in [0.4, 0.5) is 0 Å². The van der Waals surface area contributed by atoms with Crippen molar-refractivity contribution in [3.05, 3.63) is 29.8 Å². The van der Waals surface area contributed by atoms with E-state index in [4.69, 9.17) is 4.74 Å². The van der Waals surface area contributed by atoms with E-state index in [9.17, 15) is 5.11 Å². The fourth-order valence-electron chi connectivity index (χ4n) is 5.16. The minimum Gasteiger partial charge on any atom is -0.490 e. The van der Waals surface area contributed by atoms with E-state index in [-0.39, 0.29) is 6.10 Å². The van der Waals surface area contributed by atoms with E-state index < -0.39 is 0 Å². The molecule has 0 bridgehead atoms. The third kappa shape index (κ3) is 5.04. The molecule has 1 aliphatic carbocycles. The molecule has 0 spiro atoms. The Morgan fingerprint density at radius 1 is 0.889 bits per heavy atom. The van der Waals surface area contributed by atoms with E-state index in [0.29, 0.717) is 12.1 Å². The summed E-state index contributed by atoms with van der Waals surface area (Å²) in [6, 6.07) is 8.85. The van der Waals surface area contributed by atoms with Crippen molar-refractivity contribution in [2.24, 2.45) is 0 Å². The van der Waals surface area contributed by atoms with Crippen molar-refractivity contribution in [2.75, 3.05) is 26.2 Å². The molecule has 0 unspecified atom stereocenters. The first kappa shape index (κ1) is 19.2. The number of likely N-dealkylation sites (tertiary alicyclic amines) is 2. The predicted octanol–water partition coefficient (Wildman–Crippen LogP) is 3.82. The van der Waals surface area contributed by atoms with Gasteiger partial charge < -0.3 is 9.84 Å². The number of hydrogen-bond donors (Lipinski definition) is 1. The predicted molar refractivity (Wildman–Crippen MR) is 109 cm³/mol. The Hall–Kier alpha value is -1.10. The lowest BCUT2D eigenvalue weighted by Crippen LogP contribution is -2.54. The standard InChI is InChI=1S/C23H36N2O2/c26-22-18-24(16-13-21(22)25-14-7-1-2-8-15-25)17-19-9-3-6-12-23(19)27-20-10-4-5-11-20/h3,6,9,12,20-22,26H,1-2,4-5,7-8,10-11,13-18H2/t21-,22-/m1/s1. The van der Waals surface area contributed by atoms with Crippen molar-refractivity contribution in [2.45, 2.75) is 82.6 Å². The summed E-state index contributed by atoms with van der Waals surface area (Å²) in [7, 11) is 0. The fraction of sp³-hybridized carbons (Fsp3) is 0.739. The first-order valence-corrected chi connectivity index (χ1v) is 11.2. The van der Waals surface area contributed by atoms with Crippen LogP contribution in [0.5, 0.6) is 5.75 Å². The summed E-state index contributed by atoms with van der Waals surface area (Å²) < 4.78 is 6.31. The van der Waals surface area contributed by atoms with E-state index in [1.807, 2.05) is 0 Å². The van der Waals surface area contributed by atoms with Gasteiger partial charge in [-0.2, -0.15) is 0 Å². The number of benzene rings is 1. The SMILES string of the molecule is O[C@@H]1CN(Cc2ccccc2OC2CCCC2)CC[C@H]1N1CCCCCC1. The zero-order valence-corrected chi connectivity index (χ0v) is 16.7. The summed E-state index contributed by atoms with van der Waals surface area (Å²) >= 11 is 0. The number of piperidine rings is 1. The first-order chi connectivity index (χ1) is 13.3. The van der Waals surface area contributed by atoms with E-state index in [1.54, 1.807) is 0 Å². The van der Waals surface area contributed by atoms with Crippen molar-refractivity contribution in [1.82, 2.24) is 9.80 Å². The van der Waals surface area contributed by atoms with Gasteiger partial charge in [0.2, 0.25) is 0 Å². The van der Waals surface area contributed by atoms with Gasteiger partial charge in [0, 0.05) is 31.2 Å². The minimum atomic E-state index is -0.236. The molecule has 2 aliphatic heterocycles. The molecule has 4 nitrogen and oxygen atoms in total. The van der Waals surface area contributed by atoms with Gasteiger partial charge in [0.05, 0.1) is 12.2 Å². The maximum absolute atomic E-state index is 10.8. The zero-order chi connectivity index (χ0) is 18.5. The molecule has 27 heavy (non-hydrogen) atoms. The number of ether oxygens (including phenoxy) is 1. The Balaban J connectivity index is 1.34. The average Bonchev–Trinajstić information content (AvgIpc) is 3.04. The molecule has 2 heterocycles. The Bertz CT molecular complexity index is 579. The molecule has 150 valence electrons. The second kappa shape index (κ2) is 9.40. The summed E-state index contributed by atoms with van der Waals surface area (Å²) in [4.78, 5) is 4.97. The van der Waals surface area contributed by atoms with Crippen LogP contribution >= 0.6 is 0 Å². The number of rotatable bonds is 5. The molecule has 3 fully saturated rings. The molecule has 1 N–H and O–H groups in total. The van der Waals surface area contributed by atoms with Crippen LogP contribution in [0.2, 0.25) is 0 Å². The number of β-amino-alcohol motifs (C(OH)–C–C–N with tert-alkyl or cyclic N) is 1. The first-order valence-electron chi connectivity index (χ1n) is 11.2. The van der Waals surface area contributed by atoms with Crippen molar-refractivity contribution in [3.63, 3.8) is 0 Å². The van der Waals surface area contributed by atoms with Crippen molar-refractivity contribution in [3.8, 4) is 5.75 Å². The molecule has 1 aromatic carbocycles. The van der Waals surface area contributed by atoms with Crippen LogP contribution in [-0.4, -0.2) is 59.3 Å². The molecule has 1 saturated carbocycles. The number of para-hydroxylation sites is 1. The van der Waals surface area contributed by atoms with Crippen LogP contribution in [-0.2, 0) is 6.54 Å². The molecule has 0 radical (unpaired) electrons. The van der Waals surface area contributed by atoms with Gasteiger partial charge in [-0.1, -0.05) is 31.0 Å². The highest BCUT2D eigenvalue weighted by molar-refractivity contribution is 5.33. The summed E-state index contributed by atoms with van der Waals surface area (Å²) in [6.45, 7) is 5.06. The van der Waals surface area contributed by atoms with Crippen LogP contribution in [0.25, 0.3) is 0 Å². The van der Waals surface area contributed by atoms with Gasteiger partial charge in [-0.15, -0.1) is 0 Å². The third-order valence-corrected chi connectivity index (χ3v) is 6.70. The van der Waals surface area contributed by atoms with Crippen molar-refractivity contribution in [1.29, 1.82) is 0 Å². The van der Waals surface area contributed by atoms with Gasteiger partial charge in [0.15, 0.2) is 0 Å². The lowest BCUT2D eigenvalue weighted by atomic mass is 9.99. The Morgan fingerprint density at radius 3 is 2.37 bits per heavy atom. The highest BCUT2D eigenvalue weighted by Gasteiger charge is 2.32. The largest absolute Gasteiger partial charge is 0.490 e. The molecule has 1 aromatic rings. The van der Waals surface area contributed by atoms with E-state index >= 15 is 0 Å². The monoisotopic (exact) mass is 372 g/mol. The normalized spacial score (nSPS) is 28.9. The molecular formula is C23H36N2O2. The lowest BCUT2D eigenvalue weighted by Gasteiger charge is -2.41. The van der Waals surface area contributed by atoms with Gasteiger partial charge in [-0.3, -0.25) is 9.80 Å². The highest BCUT2D eigenvalue weighted by atomic mass is 16.5. The third-order valence-electron chi connectivity index (χ3n) is 6.70. The Labute approximate surface area is 164 Å². The van der Waals surface area contributed by atoms with E-state index in [0.717, 1.165) is 31.8 Å². The second-order valence-electron chi connectivity index (χ2n) is 8.74. The number of aliphatic hydroxyl groups excluding tert-OH is 1. The smallest absolute Gasteiger partial charge is 0.124 e. The van der Waals surface area contributed by atoms with Crippen LogP contribution < -0.4 is 4.74 Å². The quantitative estimate of drug-likeness (QED) is 0.852. The molecule has 2 atom stereocenters. The van der Waals surface area contributed by atoms with Gasteiger partial charge in [-0.05, 0) is 64.1 Å². The van der Waals surface area contributed by atoms with Crippen LogP contribution in [0.1, 0.15) is 63.4 Å². The summed E-state index contributed by atoms with van der Waals surface area (Å²) in [6.07, 6.45) is 11.5.